The summed E-state index contributed by atoms with van der Waals surface area (Å²) in [5, 5.41) is 4.17. The normalized spacial score (nSPS) is 11.4. The van der Waals surface area contributed by atoms with E-state index >= 15 is 0 Å². The second-order valence-electron chi connectivity index (χ2n) is 4.55. The number of aromatic nitrogens is 5. The third-order valence-electron chi connectivity index (χ3n) is 3.17. The zero-order valence-electron chi connectivity index (χ0n) is 10.8. The quantitative estimate of drug-likeness (QED) is 0.542. The fraction of sp³-hybridized carbons (Fsp3) is 0.0769. The molecule has 4 rings (SSSR count). The Bertz CT molecular complexity index is 1010. The van der Waals surface area contributed by atoms with Crippen molar-refractivity contribution in [3.05, 3.63) is 53.2 Å². The van der Waals surface area contributed by atoms with Crippen LogP contribution in [0.25, 0.3) is 16.7 Å². The molecule has 3 heterocycles. The average molecular weight is 282 g/mol. The molecule has 0 saturated carbocycles. The predicted molar refractivity (Wildman–Crippen MR) is 74.8 cm³/mol. The van der Waals surface area contributed by atoms with Crippen molar-refractivity contribution in [2.24, 2.45) is 0 Å². The number of rotatable bonds is 2. The van der Waals surface area contributed by atoms with Crippen LogP contribution in [0.15, 0.2) is 46.0 Å². The molecule has 1 aromatic carbocycles. The number of para-hydroxylation sites is 1. The van der Waals surface area contributed by atoms with Gasteiger partial charge in [-0.15, -0.1) is 5.10 Å². The smallest absolute Gasteiger partial charge is 0.350 e. The first kappa shape index (κ1) is 11.6. The number of hydrogen-bond donors (Lipinski definition) is 1. The lowest BCUT2D eigenvalue weighted by Crippen LogP contribution is -2.21. The number of nitrogens with zero attached hydrogens (tertiary/aromatic N) is 5. The SMILES string of the molecule is Nc1cccc2oc(Cn3nc4cnccn4c3=O)nc12. The van der Waals surface area contributed by atoms with Gasteiger partial charge in [0, 0.05) is 12.4 Å². The molecule has 0 saturated heterocycles. The largest absolute Gasteiger partial charge is 0.439 e. The monoisotopic (exact) mass is 282 g/mol. The van der Waals surface area contributed by atoms with Gasteiger partial charge in [-0.25, -0.2) is 18.9 Å². The second-order valence-corrected chi connectivity index (χ2v) is 4.55. The fourth-order valence-electron chi connectivity index (χ4n) is 2.19. The molecule has 104 valence electrons. The van der Waals surface area contributed by atoms with Gasteiger partial charge in [-0.05, 0) is 12.1 Å². The van der Waals surface area contributed by atoms with E-state index in [0.29, 0.717) is 28.3 Å². The van der Waals surface area contributed by atoms with Crippen molar-refractivity contribution >= 4 is 22.4 Å². The number of hydrogen-bond acceptors (Lipinski definition) is 6. The maximum Gasteiger partial charge on any atom is 0.350 e. The lowest BCUT2D eigenvalue weighted by molar-refractivity contribution is 0.485. The van der Waals surface area contributed by atoms with Crippen LogP contribution in [0.1, 0.15) is 5.89 Å². The Morgan fingerprint density at radius 1 is 1.33 bits per heavy atom. The van der Waals surface area contributed by atoms with Crippen molar-refractivity contribution in [1.29, 1.82) is 0 Å². The third-order valence-corrected chi connectivity index (χ3v) is 3.17. The lowest BCUT2D eigenvalue weighted by atomic mass is 10.3. The number of oxazole rings is 1. The van der Waals surface area contributed by atoms with Crippen molar-refractivity contribution in [3.63, 3.8) is 0 Å². The molecule has 0 aliphatic carbocycles. The van der Waals surface area contributed by atoms with Gasteiger partial charge in [0.05, 0.1) is 11.9 Å². The zero-order chi connectivity index (χ0) is 14.4. The summed E-state index contributed by atoms with van der Waals surface area (Å²) in [6.07, 6.45) is 4.60. The van der Waals surface area contributed by atoms with Gasteiger partial charge in [0.15, 0.2) is 11.2 Å². The highest BCUT2D eigenvalue weighted by Gasteiger charge is 2.12. The summed E-state index contributed by atoms with van der Waals surface area (Å²) in [4.78, 5) is 20.4. The van der Waals surface area contributed by atoms with Gasteiger partial charge in [-0.1, -0.05) is 6.07 Å². The van der Waals surface area contributed by atoms with Gasteiger partial charge in [-0.2, -0.15) is 0 Å². The molecule has 8 heteroatoms. The first-order valence-corrected chi connectivity index (χ1v) is 6.25. The van der Waals surface area contributed by atoms with Gasteiger partial charge < -0.3 is 10.2 Å². The summed E-state index contributed by atoms with van der Waals surface area (Å²) in [6.45, 7) is 0.134. The maximum absolute atomic E-state index is 12.2. The number of nitrogen functional groups attached to an aromatic ring is 1. The Morgan fingerprint density at radius 2 is 2.24 bits per heavy atom. The molecule has 0 aliphatic rings. The van der Waals surface area contributed by atoms with Crippen LogP contribution in [0.3, 0.4) is 0 Å². The minimum absolute atomic E-state index is 0.134. The van der Waals surface area contributed by atoms with E-state index in [-0.39, 0.29) is 12.2 Å². The van der Waals surface area contributed by atoms with E-state index in [1.54, 1.807) is 24.4 Å². The summed E-state index contributed by atoms with van der Waals surface area (Å²) in [5.41, 5.74) is 7.74. The number of nitrogens with two attached hydrogens (primary N) is 1. The molecule has 0 amide bonds. The summed E-state index contributed by atoms with van der Waals surface area (Å²) in [7, 11) is 0. The molecule has 0 fully saturated rings. The molecule has 0 radical (unpaired) electrons. The van der Waals surface area contributed by atoms with Crippen molar-refractivity contribution in [1.82, 2.24) is 24.1 Å². The number of anilines is 1. The molecule has 0 spiro atoms. The minimum atomic E-state index is -0.275. The molecular formula is C13H10N6O2. The molecule has 8 nitrogen and oxygen atoms in total. The lowest BCUT2D eigenvalue weighted by Gasteiger charge is -1.92. The van der Waals surface area contributed by atoms with Crippen molar-refractivity contribution < 1.29 is 4.42 Å². The van der Waals surface area contributed by atoms with E-state index in [0.717, 1.165) is 0 Å². The van der Waals surface area contributed by atoms with Crippen molar-refractivity contribution in [3.8, 4) is 0 Å². The molecule has 3 aromatic heterocycles. The maximum atomic E-state index is 12.2. The van der Waals surface area contributed by atoms with Gasteiger partial charge in [0.1, 0.15) is 12.1 Å². The van der Waals surface area contributed by atoms with Crippen LogP contribution in [0.2, 0.25) is 0 Å². The zero-order valence-corrected chi connectivity index (χ0v) is 10.8. The highest BCUT2D eigenvalue weighted by Crippen LogP contribution is 2.21. The van der Waals surface area contributed by atoms with Crippen LogP contribution >= 0.6 is 0 Å². The van der Waals surface area contributed by atoms with Crippen molar-refractivity contribution in [2.45, 2.75) is 6.54 Å². The Kier molecular flexibility index (Phi) is 2.31. The molecule has 2 N–H and O–H groups in total. The fourth-order valence-corrected chi connectivity index (χ4v) is 2.19. The summed E-state index contributed by atoms with van der Waals surface area (Å²) in [5.74, 6) is 0.376. The van der Waals surface area contributed by atoms with E-state index < -0.39 is 0 Å². The Morgan fingerprint density at radius 3 is 3.05 bits per heavy atom. The molecule has 4 aromatic rings. The molecule has 0 atom stereocenters. The van der Waals surface area contributed by atoms with E-state index in [1.807, 2.05) is 0 Å². The first-order valence-electron chi connectivity index (χ1n) is 6.25. The van der Waals surface area contributed by atoms with Crippen LogP contribution in [-0.2, 0) is 6.54 Å². The van der Waals surface area contributed by atoms with Crippen LogP contribution < -0.4 is 11.4 Å². The summed E-state index contributed by atoms with van der Waals surface area (Å²) < 4.78 is 8.27. The third kappa shape index (κ3) is 1.76. The van der Waals surface area contributed by atoms with E-state index in [1.165, 1.54) is 21.5 Å². The van der Waals surface area contributed by atoms with Gasteiger partial charge in [0.25, 0.3) is 0 Å². The van der Waals surface area contributed by atoms with Crippen LogP contribution in [0.4, 0.5) is 5.69 Å². The molecule has 21 heavy (non-hydrogen) atoms. The number of fused-ring (bicyclic) bond motifs is 2. The Labute approximate surface area is 117 Å². The Balaban J connectivity index is 1.81. The second kappa shape index (κ2) is 4.17. The van der Waals surface area contributed by atoms with E-state index in [9.17, 15) is 4.79 Å². The van der Waals surface area contributed by atoms with Crippen molar-refractivity contribution in [2.75, 3.05) is 5.73 Å². The molecule has 0 unspecified atom stereocenters. The minimum Gasteiger partial charge on any atom is -0.439 e. The first-order chi connectivity index (χ1) is 10.2. The molecular weight excluding hydrogens is 272 g/mol. The van der Waals surface area contributed by atoms with Crippen LogP contribution in [0, 0.1) is 0 Å². The highest BCUT2D eigenvalue weighted by atomic mass is 16.3. The van der Waals surface area contributed by atoms with Crippen LogP contribution in [-0.4, -0.2) is 24.1 Å². The summed E-state index contributed by atoms with van der Waals surface area (Å²) >= 11 is 0. The van der Waals surface area contributed by atoms with Crippen LogP contribution in [0.5, 0.6) is 0 Å². The standard InChI is InChI=1S/C13H10N6O2/c14-8-2-1-3-9-12(8)16-11(21-9)7-19-13(20)18-5-4-15-6-10(18)17-19/h1-6H,7,14H2. The average Bonchev–Trinajstić information content (AvgIpc) is 3.03. The van der Waals surface area contributed by atoms with E-state index in [4.69, 9.17) is 10.2 Å². The number of benzene rings is 1. The molecule has 0 bridgehead atoms. The van der Waals surface area contributed by atoms with Gasteiger partial charge in [-0.3, -0.25) is 4.98 Å². The van der Waals surface area contributed by atoms with Gasteiger partial charge >= 0.3 is 5.69 Å². The van der Waals surface area contributed by atoms with Gasteiger partial charge in [0.2, 0.25) is 5.89 Å². The molecule has 0 aliphatic heterocycles. The van der Waals surface area contributed by atoms with E-state index in [2.05, 4.69) is 15.1 Å². The highest BCUT2D eigenvalue weighted by molar-refractivity contribution is 5.85. The topological polar surface area (TPSA) is 104 Å². The summed E-state index contributed by atoms with van der Waals surface area (Å²) in [6, 6.07) is 5.31. The predicted octanol–water partition coefficient (Wildman–Crippen LogP) is 0.663. The Hall–Kier alpha value is -3.16.